The van der Waals surface area contributed by atoms with Crippen molar-refractivity contribution in [2.45, 2.75) is 83.6 Å². The first-order valence-corrected chi connectivity index (χ1v) is 28.5. The van der Waals surface area contributed by atoms with Crippen molar-refractivity contribution < 1.29 is 67.1 Å². The van der Waals surface area contributed by atoms with Crippen molar-refractivity contribution in [3.63, 3.8) is 0 Å². The summed E-state index contributed by atoms with van der Waals surface area (Å²) in [6, 6.07) is 27.0. The van der Waals surface area contributed by atoms with Gasteiger partial charge in [-0.2, -0.15) is 0 Å². The van der Waals surface area contributed by atoms with Gasteiger partial charge in [0.2, 0.25) is 0 Å². The highest BCUT2D eigenvalue weighted by Gasteiger charge is 2.45. The van der Waals surface area contributed by atoms with E-state index in [9.17, 15) is 19.8 Å². The van der Waals surface area contributed by atoms with E-state index in [0.717, 1.165) is 11.1 Å². The van der Waals surface area contributed by atoms with Crippen molar-refractivity contribution in [1.82, 2.24) is 9.80 Å². The van der Waals surface area contributed by atoms with Crippen molar-refractivity contribution in [2.75, 3.05) is 80.3 Å². The number of methoxy groups -OCH3 is 2. The number of quaternary nitrogens is 2. The molecule has 16 nitrogen and oxygen atoms in total. The Labute approximate surface area is 409 Å². The van der Waals surface area contributed by atoms with Gasteiger partial charge in [-0.1, -0.05) is 38.1 Å². The van der Waals surface area contributed by atoms with Crippen LogP contribution in [0.2, 0.25) is 12.1 Å². The van der Waals surface area contributed by atoms with E-state index in [-0.39, 0.29) is 11.8 Å². The average Bonchev–Trinajstić information content (AvgIpc) is 3.63. The maximum absolute atomic E-state index is 14.4. The highest BCUT2D eigenvalue weighted by molar-refractivity contribution is 6.67. The molecule has 0 saturated heterocycles. The SMILES string of the molecule is CCO[Si](CCC[NH2+]C1([O-])c2cc(Oc3ccc(C(C)(C)c4ccc(Oc5ccc6c(c5)C([O-])([NH2+]CCC[Si](COC)(OCC)OCC)N(C)C6=O)cc4)cc3)ccc2C(=O)N1C)(COC)OCC. The molecule has 18 heteroatoms. The summed E-state index contributed by atoms with van der Waals surface area (Å²) in [5.41, 5.74) is 3.13. The standard InChI is InChI=1S/C51H70N4O12Si2/c1-11-62-68(35-60-9,63-12-2)31-15-29-52-50(58)45-33-41(25-27-43(45)47(56)54(50)7)66-39-21-17-37(18-22-39)49(5,6)38-19-23-40(24-20-38)67-42-26-28-44-46(34-42)51(59,55(8)48(44)57)53-30-16-32-69(36-61-10,64-13-3)65-14-4/h17-28,33-34,52-53H,11-16,29-32,35-36H2,1-10H3/q-2/p+2. The fourth-order valence-corrected chi connectivity index (χ4v) is 15.3. The van der Waals surface area contributed by atoms with E-state index in [1.54, 1.807) is 75.3 Å². The van der Waals surface area contributed by atoms with Crippen LogP contribution in [0.5, 0.6) is 23.0 Å². The minimum atomic E-state index is -2.60. The third kappa shape index (κ3) is 11.6. The maximum atomic E-state index is 14.4. The van der Waals surface area contributed by atoms with Gasteiger partial charge in [0.25, 0.3) is 11.8 Å². The van der Waals surface area contributed by atoms with Crippen LogP contribution in [0.15, 0.2) is 84.9 Å². The van der Waals surface area contributed by atoms with Crippen LogP contribution in [0.4, 0.5) is 0 Å². The first-order valence-electron chi connectivity index (χ1n) is 24.0. The molecular formula is C51H72N4O12Si2. The number of hydrogen-bond donors (Lipinski definition) is 2. The highest BCUT2D eigenvalue weighted by atomic mass is 28.4. The molecule has 4 aromatic carbocycles. The van der Waals surface area contributed by atoms with Crippen LogP contribution in [-0.2, 0) is 44.3 Å². The Morgan fingerprint density at radius 3 is 1.20 bits per heavy atom. The lowest BCUT2D eigenvalue weighted by Gasteiger charge is -2.40. The summed E-state index contributed by atoms with van der Waals surface area (Å²) in [5, 5.41) is 32.2. The van der Waals surface area contributed by atoms with Gasteiger partial charge in [-0.25, -0.2) is 0 Å². The molecule has 0 bridgehead atoms. The fourth-order valence-electron chi connectivity index (χ4n) is 9.49. The molecule has 2 unspecified atom stereocenters. The monoisotopic (exact) mass is 988 g/mol. The first kappa shape index (κ1) is 53.8. The molecular weight excluding hydrogens is 917 g/mol. The van der Waals surface area contributed by atoms with E-state index in [4.69, 9.17) is 36.7 Å². The van der Waals surface area contributed by atoms with E-state index < -0.39 is 34.2 Å². The zero-order valence-electron chi connectivity index (χ0n) is 42.0. The van der Waals surface area contributed by atoms with Gasteiger partial charge in [0.1, 0.15) is 34.7 Å². The van der Waals surface area contributed by atoms with Gasteiger partial charge in [-0.3, -0.25) is 19.4 Å². The van der Waals surface area contributed by atoms with E-state index in [0.29, 0.717) is 122 Å². The van der Waals surface area contributed by atoms with Crippen LogP contribution in [-0.4, -0.2) is 119 Å². The predicted octanol–water partition coefficient (Wildman–Crippen LogP) is 4.02. The van der Waals surface area contributed by atoms with Crippen LogP contribution in [0.1, 0.15) is 97.4 Å². The first-order chi connectivity index (χ1) is 33.0. The number of carbonyl (C=O) groups is 2. The third-order valence-electron chi connectivity index (χ3n) is 13.2. The molecule has 376 valence electrons. The largest absolute Gasteiger partial charge is 0.781 e. The number of rotatable bonds is 28. The average molecular weight is 989 g/mol. The van der Waals surface area contributed by atoms with Gasteiger partial charge in [0.15, 0.2) is 0 Å². The summed E-state index contributed by atoms with van der Waals surface area (Å²) < 4.78 is 47.8. The van der Waals surface area contributed by atoms with Crippen LogP contribution in [0.3, 0.4) is 0 Å². The Balaban J connectivity index is 1.09. The number of carbonyl (C=O) groups excluding carboxylic acids is 2. The van der Waals surface area contributed by atoms with Crippen molar-refractivity contribution in [2.24, 2.45) is 0 Å². The van der Waals surface area contributed by atoms with Crippen molar-refractivity contribution in [3.8, 4) is 23.0 Å². The Hall–Kier alpha value is -4.55. The molecule has 69 heavy (non-hydrogen) atoms. The lowest BCUT2D eigenvalue weighted by atomic mass is 9.78. The van der Waals surface area contributed by atoms with Crippen LogP contribution < -0.4 is 30.3 Å². The van der Waals surface area contributed by atoms with Gasteiger partial charge in [0, 0.05) is 82.4 Å². The number of hydrogen-bond acceptors (Lipinski definition) is 12. The molecule has 0 fully saturated rings. The maximum Gasteiger partial charge on any atom is 0.365 e. The fraction of sp³-hybridized carbons (Fsp3) is 0.490. The Kier molecular flexibility index (Phi) is 18.0. The number of amides is 2. The normalized spacial score (nSPS) is 18.3. The number of fused-ring (bicyclic) bond motifs is 2. The topological polar surface area (TPSA) is 194 Å². The summed E-state index contributed by atoms with van der Waals surface area (Å²) in [6.07, 6.45) is 2.11. The van der Waals surface area contributed by atoms with Gasteiger partial charge in [-0.05, 0) is 124 Å². The summed E-state index contributed by atoms with van der Waals surface area (Å²) in [4.78, 5) is 29.0. The van der Waals surface area contributed by atoms with Gasteiger partial charge >= 0.3 is 17.1 Å². The minimum Gasteiger partial charge on any atom is -0.781 e. The lowest BCUT2D eigenvalue weighted by Crippen LogP contribution is -3.02. The Bertz CT molecular complexity index is 2160. The van der Waals surface area contributed by atoms with Crippen molar-refractivity contribution in [1.29, 1.82) is 0 Å². The summed E-state index contributed by atoms with van der Waals surface area (Å²) in [7, 11) is 1.16. The summed E-state index contributed by atoms with van der Waals surface area (Å²) >= 11 is 0. The summed E-state index contributed by atoms with van der Waals surface area (Å²) in [5.74, 6) is -2.31. The number of nitrogens with two attached hydrogens (primary N) is 2. The molecule has 0 aromatic heterocycles. The second-order valence-corrected chi connectivity index (χ2v) is 24.4. The molecule has 4 aromatic rings. The zero-order chi connectivity index (χ0) is 50.0. The molecule has 2 atom stereocenters. The molecule has 2 aliphatic rings. The molecule has 2 aliphatic heterocycles. The van der Waals surface area contributed by atoms with E-state index in [2.05, 4.69) is 13.8 Å². The number of ether oxygens (including phenoxy) is 4. The van der Waals surface area contributed by atoms with Gasteiger partial charge < -0.3 is 57.5 Å². The van der Waals surface area contributed by atoms with E-state index in [1.807, 2.05) is 76.2 Å². The van der Waals surface area contributed by atoms with Crippen LogP contribution >= 0.6 is 0 Å². The number of nitrogens with zero attached hydrogens (tertiary/aromatic N) is 2. The molecule has 0 saturated carbocycles. The van der Waals surface area contributed by atoms with E-state index in [1.165, 1.54) is 9.80 Å². The quantitative estimate of drug-likeness (QED) is 0.0473. The van der Waals surface area contributed by atoms with Gasteiger partial charge in [-0.15, -0.1) is 0 Å². The molecule has 0 radical (unpaired) electrons. The van der Waals surface area contributed by atoms with Gasteiger partial charge in [0.05, 0.1) is 25.5 Å². The van der Waals surface area contributed by atoms with E-state index >= 15 is 0 Å². The number of benzene rings is 4. The zero-order valence-corrected chi connectivity index (χ0v) is 44.0. The minimum absolute atomic E-state index is 0.329. The van der Waals surface area contributed by atoms with Crippen molar-refractivity contribution in [3.05, 3.63) is 118 Å². The lowest BCUT2D eigenvalue weighted by molar-refractivity contribution is -0.896. The van der Waals surface area contributed by atoms with Crippen molar-refractivity contribution >= 4 is 28.9 Å². The molecule has 4 N–H and O–H groups in total. The second-order valence-electron chi connectivity index (χ2n) is 18.0. The second kappa shape index (κ2) is 23.1. The molecule has 6 rings (SSSR count). The Morgan fingerprint density at radius 2 is 0.884 bits per heavy atom. The smallest absolute Gasteiger partial charge is 0.365 e. The molecule has 2 amide bonds. The Morgan fingerprint density at radius 1 is 0.551 bits per heavy atom. The summed E-state index contributed by atoms with van der Waals surface area (Å²) in [6.45, 7) is 15.0. The highest BCUT2D eigenvalue weighted by Crippen LogP contribution is 2.38. The molecule has 0 spiro atoms. The van der Waals surface area contributed by atoms with Crippen LogP contribution in [0.25, 0.3) is 0 Å². The molecule has 0 aliphatic carbocycles. The predicted molar refractivity (Wildman–Crippen MR) is 260 cm³/mol. The third-order valence-corrected chi connectivity index (χ3v) is 20.1. The van der Waals surface area contributed by atoms with Crippen LogP contribution in [0, 0.1) is 0 Å². The molecule has 2 heterocycles.